The summed E-state index contributed by atoms with van der Waals surface area (Å²) in [4.78, 5) is 24.7. The summed E-state index contributed by atoms with van der Waals surface area (Å²) in [7, 11) is 0. The number of aromatic nitrogens is 1. The van der Waals surface area contributed by atoms with Crippen molar-refractivity contribution in [2.75, 3.05) is 0 Å². The van der Waals surface area contributed by atoms with Crippen LogP contribution < -0.4 is 4.74 Å². The molecule has 1 N–H and O–H groups in total. The van der Waals surface area contributed by atoms with Crippen molar-refractivity contribution in [3.8, 4) is 5.88 Å². The molecule has 0 aromatic carbocycles. The average Bonchev–Trinajstić information content (AvgIpc) is 2.16. The van der Waals surface area contributed by atoms with Gasteiger partial charge in [0.25, 0.3) is 0 Å². The number of pyridine rings is 1. The molecule has 1 aromatic rings. The molecule has 72 valence electrons. The van der Waals surface area contributed by atoms with Gasteiger partial charge in [0.05, 0.1) is 0 Å². The maximum atomic E-state index is 10.9. The molecule has 0 fully saturated rings. The quantitative estimate of drug-likeness (QED) is 0.562. The normalized spacial score (nSPS) is 10.0. The number of hydrogen-bond donors (Lipinski definition) is 1. The van der Waals surface area contributed by atoms with E-state index in [2.05, 4.69) is 9.72 Å². The zero-order valence-electron chi connectivity index (χ0n) is 7.08. The zero-order valence-corrected chi connectivity index (χ0v) is 7.08. The van der Waals surface area contributed by atoms with Crippen LogP contribution in [0.2, 0.25) is 0 Å². The lowest BCUT2D eigenvalue weighted by Crippen LogP contribution is -2.05. The third kappa shape index (κ3) is 3.48. The van der Waals surface area contributed by atoms with E-state index in [0.717, 1.165) is 6.08 Å². The van der Waals surface area contributed by atoms with Crippen LogP contribution >= 0.6 is 0 Å². The van der Waals surface area contributed by atoms with E-state index >= 15 is 0 Å². The number of carboxylic acids is 1. The monoisotopic (exact) mass is 193 g/mol. The van der Waals surface area contributed by atoms with Crippen LogP contribution in [0.15, 0.2) is 36.5 Å². The third-order valence-electron chi connectivity index (χ3n) is 1.20. The molecule has 0 aliphatic heterocycles. The van der Waals surface area contributed by atoms with Gasteiger partial charge >= 0.3 is 11.9 Å². The Hall–Kier alpha value is -2.17. The Morgan fingerprint density at radius 1 is 1.36 bits per heavy atom. The Morgan fingerprint density at radius 2 is 2.14 bits per heavy atom. The number of rotatable bonds is 3. The maximum Gasteiger partial charge on any atom is 0.337 e. The first kappa shape index (κ1) is 9.91. The second-order valence-electron chi connectivity index (χ2n) is 2.26. The first-order valence-electron chi connectivity index (χ1n) is 3.72. The van der Waals surface area contributed by atoms with Gasteiger partial charge in [-0.25, -0.2) is 14.6 Å². The van der Waals surface area contributed by atoms with E-state index in [1.165, 1.54) is 12.3 Å². The fourth-order valence-electron chi connectivity index (χ4n) is 0.684. The summed E-state index contributed by atoms with van der Waals surface area (Å²) in [6.45, 7) is 0. The highest BCUT2D eigenvalue weighted by Gasteiger charge is 2.00. The van der Waals surface area contributed by atoms with Gasteiger partial charge in [0.1, 0.15) is 0 Å². The highest BCUT2D eigenvalue weighted by atomic mass is 16.5. The highest BCUT2D eigenvalue weighted by molar-refractivity contribution is 5.91. The summed E-state index contributed by atoms with van der Waals surface area (Å²) in [6.07, 6.45) is 2.98. The van der Waals surface area contributed by atoms with Crippen molar-refractivity contribution in [2.24, 2.45) is 0 Å². The van der Waals surface area contributed by atoms with Gasteiger partial charge in [-0.05, 0) is 6.07 Å². The van der Waals surface area contributed by atoms with Crippen LogP contribution in [0.1, 0.15) is 0 Å². The smallest absolute Gasteiger partial charge is 0.337 e. The van der Waals surface area contributed by atoms with Crippen molar-refractivity contribution in [3.05, 3.63) is 36.5 Å². The first-order chi connectivity index (χ1) is 6.68. The van der Waals surface area contributed by atoms with Crippen LogP contribution in [0.5, 0.6) is 5.88 Å². The molecule has 1 aromatic heterocycles. The minimum absolute atomic E-state index is 0.132. The molecular weight excluding hydrogens is 186 g/mol. The minimum atomic E-state index is -1.21. The Labute approximate surface area is 79.7 Å². The van der Waals surface area contributed by atoms with Crippen LogP contribution in [0.3, 0.4) is 0 Å². The van der Waals surface area contributed by atoms with Crippen LogP contribution in [0, 0.1) is 0 Å². The number of carboxylic acid groups (broad SMARTS) is 1. The number of nitrogens with zero attached hydrogens (tertiary/aromatic N) is 1. The molecular formula is C9H7NO4. The second-order valence-corrected chi connectivity index (χ2v) is 2.26. The van der Waals surface area contributed by atoms with Crippen molar-refractivity contribution in [2.45, 2.75) is 0 Å². The number of ether oxygens (including phenoxy) is 1. The fourth-order valence-corrected chi connectivity index (χ4v) is 0.684. The van der Waals surface area contributed by atoms with Gasteiger partial charge in [-0.3, -0.25) is 0 Å². The molecule has 5 nitrogen and oxygen atoms in total. The molecule has 0 spiro atoms. The predicted molar refractivity (Wildman–Crippen MR) is 46.6 cm³/mol. The van der Waals surface area contributed by atoms with E-state index in [4.69, 9.17) is 5.11 Å². The number of esters is 1. The zero-order chi connectivity index (χ0) is 10.4. The highest BCUT2D eigenvalue weighted by Crippen LogP contribution is 2.03. The van der Waals surface area contributed by atoms with Gasteiger partial charge in [0.2, 0.25) is 5.88 Å². The molecule has 0 radical (unpaired) electrons. The number of hydrogen-bond acceptors (Lipinski definition) is 4. The van der Waals surface area contributed by atoms with Gasteiger partial charge in [0, 0.05) is 24.4 Å². The predicted octanol–water partition coefficient (Wildman–Crippen LogP) is 0.628. The number of carbonyl (C=O) groups is 2. The molecule has 0 saturated carbocycles. The van der Waals surface area contributed by atoms with Crippen molar-refractivity contribution < 1.29 is 19.4 Å². The minimum Gasteiger partial charge on any atom is -0.478 e. The lowest BCUT2D eigenvalue weighted by molar-refractivity contribution is -0.133. The van der Waals surface area contributed by atoms with E-state index in [1.807, 2.05) is 0 Å². The van der Waals surface area contributed by atoms with Crippen molar-refractivity contribution in [1.29, 1.82) is 0 Å². The molecule has 14 heavy (non-hydrogen) atoms. The maximum absolute atomic E-state index is 10.9. The third-order valence-corrected chi connectivity index (χ3v) is 1.20. The topological polar surface area (TPSA) is 76.5 Å². The van der Waals surface area contributed by atoms with Crippen LogP contribution in [-0.4, -0.2) is 22.0 Å². The molecule has 0 unspecified atom stereocenters. The van der Waals surface area contributed by atoms with E-state index in [9.17, 15) is 9.59 Å². The largest absolute Gasteiger partial charge is 0.478 e. The summed E-state index contributed by atoms with van der Waals surface area (Å²) in [5.74, 6) is -1.85. The summed E-state index contributed by atoms with van der Waals surface area (Å²) < 4.78 is 4.66. The van der Waals surface area contributed by atoms with Crippen LogP contribution in [-0.2, 0) is 9.59 Å². The summed E-state index contributed by atoms with van der Waals surface area (Å²) >= 11 is 0. The summed E-state index contributed by atoms with van der Waals surface area (Å²) in [5.41, 5.74) is 0. The molecule has 0 amide bonds. The first-order valence-corrected chi connectivity index (χ1v) is 3.72. The molecule has 1 heterocycles. The molecule has 0 aliphatic carbocycles. The van der Waals surface area contributed by atoms with Crippen molar-refractivity contribution in [1.82, 2.24) is 4.98 Å². The fraction of sp³-hybridized carbons (Fsp3) is 0. The van der Waals surface area contributed by atoms with Gasteiger partial charge in [0.15, 0.2) is 0 Å². The van der Waals surface area contributed by atoms with E-state index in [0.29, 0.717) is 6.08 Å². The van der Waals surface area contributed by atoms with Gasteiger partial charge in [-0.2, -0.15) is 0 Å². The lowest BCUT2D eigenvalue weighted by atomic mass is 10.5. The molecule has 0 aliphatic rings. The summed E-state index contributed by atoms with van der Waals surface area (Å²) in [5, 5.41) is 8.22. The van der Waals surface area contributed by atoms with Crippen LogP contribution in [0.4, 0.5) is 0 Å². The Bertz CT molecular complexity index is 358. The Kier molecular flexibility index (Phi) is 3.37. The van der Waals surface area contributed by atoms with E-state index in [-0.39, 0.29) is 5.88 Å². The SMILES string of the molecule is O=C(O)/C=C\C(=O)Oc1ccccn1. The molecule has 0 saturated heterocycles. The standard InChI is InChI=1S/C9H7NO4/c11-8(12)4-5-9(13)14-7-3-1-2-6-10-7/h1-6H,(H,11,12)/b5-4-. The molecule has 0 bridgehead atoms. The van der Waals surface area contributed by atoms with Gasteiger partial charge < -0.3 is 9.84 Å². The number of aliphatic carboxylic acids is 1. The Morgan fingerprint density at radius 3 is 2.71 bits per heavy atom. The Balaban J connectivity index is 2.54. The molecule has 0 atom stereocenters. The number of carbonyl (C=O) groups excluding carboxylic acids is 1. The second kappa shape index (κ2) is 4.76. The van der Waals surface area contributed by atoms with Gasteiger partial charge in [-0.1, -0.05) is 6.07 Å². The average molecular weight is 193 g/mol. The van der Waals surface area contributed by atoms with Crippen molar-refractivity contribution in [3.63, 3.8) is 0 Å². The molecule has 5 heteroatoms. The van der Waals surface area contributed by atoms with Crippen LogP contribution in [0.25, 0.3) is 0 Å². The summed E-state index contributed by atoms with van der Waals surface area (Å²) in [6, 6.07) is 4.81. The van der Waals surface area contributed by atoms with Gasteiger partial charge in [-0.15, -0.1) is 0 Å². The lowest BCUT2D eigenvalue weighted by Gasteiger charge is -1.97. The van der Waals surface area contributed by atoms with Crippen molar-refractivity contribution >= 4 is 11.9 Å². The van der Waals surface area contributed by atoms with E-state index in [1.54, 1.807) is 12.1 Å². The molecule has 1 rings (SSSR count). The van der Waals surface area contributed by atoms with E-state index < -0.39 is 11.9 Å².